The molecule has 0 radical (unpaired) electrons. The van der Waals surface area contributed by atoms with E-state index >= 15 is 0 Å². The number of oxazole rings is 1. The van der Waals surface area contributed by atoms with Crippen molar-refractivity contribution in [3.63, 3.8) is 0 Å². The molecular formula is C23H19N3O. The first kappa shape index (κ1) is 15.8. The quantitative estimate of drug-likeness (QED) is 0.429. The highest BCUT2D eigenvalue weighted by atomic mass is 16.3. The SMILES string of the molecule is Cc1ccc(Cn2c3ccccc3c3cc(-c4cnco4)nc(C)c32)cc1. The normalized spacial score (nSPS) is 11.5. The van der Waals surface area contributed by atoms with Crippen LogP contribution in [0.4, 0.5) is 0 Å². The summed E-state index contributed by atoms with van der Waals surface area (Å²) in [6.45, 7) is 4.99. The van der Waals surface area contributed by atoms with Gasteiger partial charge in [-0.05, 0) is 31.5 Å². The molecule has 0 saturated heterocycles. The summed E-state index contributed by atoms with van der Waals surface area (Å²) in [5.74, 6) is 0.690. The predicted octanol–water partition coefficient (Wildman–Crippen LogP) is 5.51. The molecule has 0 aliphatic rings. The van der Waals surface area contributed by atoms with E-state index in [4.69, 9.17) is 9.40 Å². The molecule has 0 atom stereocenters. The number of fused-ring (bicyclic) bond motifs is 3. The van der Waals surface area contributed by atoms with Gasteiger partial charge in [-0.1, -0.05) is 48.0 Å². The molecule has 4 nitrogen and oxygen atoms in total. The largest absolute Gasteiger partial charge is 0.442 e. The van der Waals surface area contributed by atoms with Gasteiger partial charge in [0.15, 0.2) is 12.2 Å². The zero-order valence-corrected chi connectivity index (χ0v) is 15.3. The maximum absolute atomic E-state index is 5.47. The first-order valence-electron chi connectivity index (χ1n) is 9.04. The van der Waals surface area contributed by atoms with Crippen LogP contribution in [-0.4, -0.2) is 14.5 Å². The van der Waals surface area contributed by atoms with E-state index in [0.29, 0.717) is 5.76 Å². The summed E-state index contributed by atoms with van der Waals surface area (Å²) in [6, 6.07) is 19.4. The standard InChI is InChI=1S/C23H19N3O/c1-15-7-9-17(10-8-15)13-26-21-6-4-3-5-18(21)19-11-20(22-12-24-14-27-22)25-16(2)23(19)26/h3-12,14H,13H2,1-2H3. The lowest BCUT2D eigenvalue weighted by molar-refractivity contribution is 0.570. The van der Waals surface area contributed by atoms with Crippen molar-refractivity contribution in [2.24, 2.45) is 0 Å². The molecule has 0 amide bonds. The Bertz CT molecular complexity index is 1250. The van der Waals surface area contributed by atoms with Crippen LogP contribution < -0.4 is 0 Å². The number of hydrogen-bond donors (Lipinski definition) is 0. The van der Waals surface area contributed by atoms with Crippen molar-refractivity contribution in [1.29, 1.82) is 0 Å². The molecule has 0 fully saturated rings. The minimum absolute atomic E-state index is 0.690. The molecule has 27 heavy (non-hydrogen) atoms. The Kier molecular flexibility index (Phi) is 3.57. The summed E-state index contributed by atoms with van der Waals surface area (Å²) in [5.41, 5.74) is 6.74. The maximum atomic E-state index is 5.47. The van der Waals surface area contributed by atoms with E-state index in [2.05, 4.69) is 78.0 Å². The van der Waals surface area contributed by atoms with Gasteiger partial charge in [-0.15, -0.1) is 0 Å². The van der Waals surface area contributed by atoms with Crippen LogP contribution in [0.25, 0.3) is 33.3 Å². The number of aromatic nitrogens is 3. The van der Waals surface area contributed by atoms with Crippen molar-refractivity contribution in [1.82, 2.24) is 14.5 Å². The molecular weight excluding hydrogens is 334 g/mol. The smallest absolute Gasteiger partial charge is 0.181 e. The van der Waals surface area contributed by atoms with Crippen LogP contribution in [0.15, 0.2) is 71.6 Å². The molecule has 5 aromatic rings. The Labute approximate surface area is 157 Å². The van der Waals surface area contributed by atoms with Gasteiger partial charge in [-0.25, -0.2) is 9.97 Å². The van der Waals surface area contributed by atoms with E-state index in [1.807, 2.05) is 0 Å². The second kappa shape index (κ2) is 6.09. The van der Waals surface area contributed by atoms with Gasteiger partial charge in [0.05, 0.1) is 17.4 Å². The van der Waals surface area contributed by atoms with Crippen LogP contribution in [0, 0.1) is 13.8 Å². The van der Waals surface area contributed by atoms with Crippen molar-refractivity contribution in [3.8, 4) is 11.5 Å². The Balaban J connectivity index is 1.77. The molecule has 0 aliphatic heterocycles. The van der Waals surface area contributed by atoms with Crippen LogP contribution >= 0.6 is 0 Å². The van der Waals surface area contributed by atoms with Crippen LogP contribution in [0.1, 0.15) is 16.8 Å². The molecule has 0 bridgehead atoms. The van der Waals surface area contributed by atoms with Crippen LogP contribution in [-0.2, 0) is 6.54 Å². The van der Waals surface area contributed by atoms with Crippen molar-refractivity contribution in [2.45, 2.75) is 20.4 Å². The highest BCUT2D eigenvalue weighted by molar-refractivity contribution is 6.09. The first-order valence-corrected chi connectivity index (χ1v) is 9.04. The number of pyridine rings is 1. The highest BCUT2D eigenvalue weighted by Gasteiger charge is 2.16. The summed E-state index contributed by atoms with van der Waals surface area (Å²) >= 11 is 0. The van der Waals surface area contributed by atoms with Gasteiger partial charge < -0.3 is 8.98 Å². The summed E-state index contributed by atoms with van der Waals surface area (Å²) in [7, 11) is 0. The average Bonchev–Trinajstić information content (AvgIpc) is 3.31. The number of nitrogens with zero attached hydrogens (tertiary/aromatic N) is 3. The van der Waals surface area contributed by atoms with Gasteiger partial charge in [0.25, 0.3) is 0 Å². The Hall–Kier alpha value is -3.40. The number of para-hydroxylation sites is 1. The fourth-order valence-corrected chi connectivity index (χ4v) is 3.78. The third-order valence-corrected chi connectivity index (χ3v) is 5.07. The van der Waals surface area contributed by atoms with E-state index in [0.717, 1.165) is 17.9 Å². The van der Waals surface area contributed by atoms with E-state index in [9.17, 15) is 0 Å². The second-order valence-corrected chi connectivity index (χ2v) is 6.94. The van der Waals surface area contributed by atoms with E-state index in [1.54, 1.807) is 6.20 Å². The first-order chi connectivity index (χ1) is 13.2. The van der Waals surface area contributed by atoms with Crippen LogP contribution in [0.5, 0.6) is 0 Å². The molecule has 132 valence electrons. The van der Waals surface area contributed by atoms with Crippen LogP contribution in [0.3, 0.4) is 0 Å². The number of rotatable bonds is 3. The van der Waals surface area contributed by atoms with Gasteiger partial charge in [-0.3, -0.25) is 0 Å². The summed E-state index contributed by atoms with van der Waals surface area (Å²) < 4.78 is 7.83. The van der Waals surface area contributed by atoms with E-state index < -0.39 is 0 Å². The zero-order chi connectivity index (χ0) is 18.4. The topological polar surface area (TPSA) is 43.9 Å². The lowest BCUT2D eigenvalue weighted by Gasteiger charge is -2.10. The predicted molar refractivity (Wildman–Crippen MR) is 108 cm³/mol. The van der Waals surface area contributed by atoms with Crippen molar-refractivity contribution >= 4 is 21.8 Å². The molecule has 0 spiro atoms. The monoisotopic (exact) mass is 353 g/mol. The Morgan fingerprint density at radius 2 is 1.78 bits per heavy atom. The fourth-order valence-electron chi connectivity index (χ4n) is 3.78. The Morgan fingerprint density at radius 3 is 2.56 bits per heavy atom. The lowest BCUT2D eigenvalue weighted by atomic mass is 10.1. The van der Waals surface area contributed by atoms with Gasteiger partial charge >= 0.3 is 0 Å². The molecule has 3 aromatic heterocycles. The van der Waals surface area contributed by atoms with Crippen molar-refractivity contribution in [2.75, 3.05) is 0 Å². The number of hydrogen-bond acceptors (Lipinski definition) is 3. The minimum atomic E-state index is 0.690. The van der Waals surface area contributed by atoms with Gasteiger partial charge in [0.1, 0.15) is 5.69 Å². The maximum Gasteiger partial charge on any atom is 0.181 e. The summed E-state index contributed by atoms with van der Waals surface area (Å²) in [6.07, 6.45) is 3.15. The van der Waals surface area contributed by atoms with Crippen molar-refractivity contribution in [3.05, 3.63) is 84.0 Å². The number of benzene rings is 2. The zero-order valence-electron chi connectivity index (χ0n) is 15.3. The van der Waals surface area contributed by atoms with Gasteiger partial charge in [-0.2, -0.15) is 0 Å². The molecule has 4 heteroatoms. The van der Waals surface area contributed by atoms with E-state index in [1.165, 1.54) is 39.3 Å². The molecule has 0 N–H and O–H groups in total. The molecule has 3 heterocycles. The summed E-state index contributed by atoms with van der Waals surface area (Å²) in [5, 5.41) is 2.42. The second-order valence-electron chi connectivity index (χ2n) is 6.94. The summed E-state index contributed by atoms with van der Waals surface area (Å²) in [4.78, 5) is 8.83. The highest BCUT2D eigenvalue weighted by Crippen LogP contribution is 2.33. The average molecular weight is 353 g/mol. The number of aryl methyl sites for hydroxylation is 2. The molecule has 0 aliphatic carbocycles. The van der Waals surface area contributed by atoms with Gasteiger partial charge in [0, 0.05) is 22.8 Å². The molecule has 0 unspecified atom stereocenters. The fraction of sp³-hybridized carbons (Fsp3) is 0.130. The molecule has 2 aromatic carbocycles. The lowest BCUT2D eigenvalue weighted by Crippen LogP contribution is -2.01. The third-order valence-electron chi connectivity index (χ3n) is 5.07. The minimum Gasteiger partial charge on any atom is -0.442 e. The molecule has 0 saturated carbocycles. The van der Waals surface area contributed by atoms with Gasteiger partial charge in [0.2, 0.25) is 0 Å². The van der Waals surface area contributed by atoms with Crippen molar-refractivity contribution < 1.29 is 4.42 Å². The van der Waals surface area contributed by atoms with Crippen LogP contribution in [0.2, 0.25) is 0 Å². The Morgan fingerprint density at radius 1 is 0.963 bits per heavy atom. The van der Waals surface area contributed by atoms with E-state index in [-0.39, 0.29) is 0 Å². The third kappa shape index (κ3) is 2.61. The molecule has 5 rings (SSSR count).